The molecule has 0 atom stereocenters. The Kier molecular flexibility index (Phi) is 6.87. The van der Waals surface area contributed by atoms with Gasteiger partial charge >= 0.3 is 6.03 Å². The molecule has 1 heterocycles. The van der Waals surface area contributed by atoms with Crippen LogP contribution < -0.4 is 10.6 Å². The Hall–Kier alpha value is -4.20. The van der Waals surface area contributed by atoms with E-state index in [-0.39, 0.29) is 23.7 Å². The number of anilines is 2. The van der Waals surface area contributed by atoms with Crippen molar-refractivity contribution in [2.45, 2.75) is 6.92 Å². The molecular formula is C26H25FN4O3. The molecule has 8 heteroatoms. The maximum Gasteiger partial charge on any atom is 0.321 e. The van der Waals surface area contributed by atoms with Gasteiger partial charge in [-0.2, -0.15) is 0 Å². The third-order valence-electron chi connectivity index (χ3n) is 5.72. The van der Waals surface area contributed by atoms with Gasteiger partial charge < -0.3 is 20.4 Å². The zero-order valence-electron chi connectivity index (χ0n) is 18.8. The van der Waals surface area contributed by atoms with Gasteiger partial charge in [-0.05, 0) is 61.0 Å². The molecule has 3 aromatic rings. The predicted molar refractivity (Wildman–Crippen MR) is 128 cm³/mol. The second-order valence-electron chi connectivity index (χ2n) is 8.07. The molecule has 0 bridgehead atoms. The van der Waals surface area contributed by atoms with Crippen molar-refractivity contribution >= 4 is 29.2 Å². The van der Waals surface area contributed by atoms with Crippen molar-refractivity contribution in [1.82, 2.24) is 9.80 Å². The lowest BCUT2D eigenvalue weighted by Gasteiger charge is -2.34. The fraction of sp³-hybridized carbons (Fsp3) is 0.192. The second-order valence-corrected chi connectivity index (χ2v) is 8.07. The summed E-state index contributed by atoms with van der Waals surface area (Å²) in [5.74, 6) is -0.771. The van der Waals surface area contributed by atoms with E-state index in [2.05, 4.69) is 10.6 Å². The van der Waals surface area contributed by atoms with Gasteiger partial charge in [0.2, 0.25) is 0 Å². The SMILES string of the molecule is Cc1ccc(C(=O)N2CCN(C(=O)Nc3ccc(F)cc3)CC2)cc1NC(=O)c1ccccc1. The maximum atomic E-state index is 13.1. The Balaban J connectivity index is 1.36. The fourth-order valence-corrected chi connectivity index (χ4v) is 3.70. The number of hydrogen-bond donors (Lipinski definition) is 2. The monoisotopic (exact) mass is 460 g/mol. The summed E-state index contributed by atoms with van der Waals surface area (Å²) >= 11 is 0. The highest BCUT2D eigenvalue weighted by atomic mass is 19.1. The molecule has 1 aliphatic heterocycles. The lowest BCUT2D eigenvalue weighted by Crippen LogP contribution is -2.51. The summed E-state index contributed by atoms with van der Waals surface area (Å²) in [6.07, 6.45) is 0. The quantitative estimate of drug-likeness (QED) is 0.606. The fourth-order valence-electron chi connectivity index (χ4n) is 3.70. The van der Waals surface area contributed by atoms with Gasteiger partial charge in [-0.25, -0.2) is 9.18 Å². The van der Waals surface area contributed by atoms with Gasteiger partial charge in [0.25, 0.3) is 11.8 Å². The molecule has 0 radical (unpaired) electrons. The third kappa shape index (κ3) is 5.40. The highest BCUT2D eigenvalue weighted by Gasteiger charge is 2.25. The van der Waals surface area contributed by atoms with E-state index in [4.69, 9.17) is 0 Å². The number of piperazine rings is 1. The molecule has 1 aliphatic rings. The van der Waals surface area contributed by atoms with Crippen molar-refractivity contribution in [1.29, 1.82) is 0 Å². The molecule has 3 aromatic carbocycles. The smallest absolute Gasteiger partial charge is 0.321 e. The van der Waals surface area contributed by atoms with Crippen LogP contribution in [0, 0.1) is 12.7 Å². The molecule has 34 heavy (non-hydrogen) atoms. The van der Waals surface area contributed by atoms with Crippen LogP contribution in [0.25, 0.3) is 0 Å². The molecule has 174 valence electrons. The Morgan fingerprint density at radius 3 is 2.09 bits per heavy atom. The van der Waals surface area contributed by atoms with Gasteiger partial charge in [-0.3, -0.25) is 9.59 Å². The van der Waals surface area contributed by atoms with E-state index in [1.165, 1.54) is 24.3 Å². The normalized spacial score (nSPS) is 13.4. The lowest BCUT2D eigenvalue weighted by molar-refractivity contribution is 0.0671. The van der Waals surface area contributed by atoms with Crippen molar-refractivity contribution in [2.75, 3.05) is 36.8 Å². The van der Waals surface area contributed by atoms with Crippen LogP contribution in [0.4, 0.5) is 20.6 Å². The van der Waals surface area contributed by atoms with Crippen molar-refractivity contribution < 1.29 is 18.8 Å². The molecule has 1 fully saturated rings. The molecule has 4 rings (SSSR count). The number of carbonyl (C=O) groups is 3. The van der Waals surface area contributed by atoms with Gasteiger partial charge in [-0.1, -0.05) is 24.3 Å². The molecule has 0 saturated carbocycles. The van der Waals surface area contributed by atoms with Crippen LogP contribution >= 0.6 is 0 Å². The van der Waals surface area contributed by atoms with Gasteiger partial charge in [-0.15, -0.1) is 0 Å². The summed E-state index contributed by atoms with van der Waals surface area (Å²) < 4.78 is 13.0. The minimum Gasteiger partial charge on any atom is -0.335 e. The standard InChI is InChI=1S/C26H25FN4O3/c1-18-7-8-20(17-23(18)29-24(32)19-5-3-2-4-6-19)25(33)30-13-15-31(16-14-30)26(34)28-22-11-9-21(27)10-12-22/h2-12,17H,13-16H2,1H3,(H,28,34)(H,29,32). The summed E-state index contributed by atoms with van der Waals surface area (Å²) in [5.41, 5.74) is 2.95. The van der Waals surface area contributed by atoms with Crippen molar-refractivity contribution in [2.24, 2.45) is 0 Å². The number of urea groups is 1. The van der Waals surface area contributed by atoms with Crippen LogP contribution in [0.3, 0.4) is 0 Å². The van der Waals surface area contributed by atoms with E-state index in [0.717, 1.165) is 5.56 Å². The number of amides is 4. The van der Waals surface area contributed by atoms with Gasteiger partial charge in [0.15, 0.2) is 0 Å². The Morgan fingerprint density at radius 1 is 0.765 bits per heavy atom. The Morgan fingerprint density at radius 2 is 1.41 bits per heavy atom. The van der Waals surface area contributed by atoms with E-state index in [0.29, 0.717) is 48.7 Å². The first-order valence-electron chi connectivity index (χ1n) is 11.0. The predicted octanol–water partition coefficient (Wildman–Crippen LogP) is 4.38. The van der Waals surface area contributed by atoms with Crippen molar-refractivity contribution in [3.8, 4) is 0 Å². The Bertz CT molecular complexity index is 1190. The molecule has 7 nitrogen and oxygen atoms in total. The average molecular weight is 461 g/mol. The van der Waals surface area contributed by atoms with Gasteiger partial charge in [0.1, 0.15) is 5.82 Å². The summed E-state index contributed by atoms with van der Waals surface area (Å²) in [7, 11) is 0. The molecule has 1 saturated heterocycles. The van der Waals surface area contributed by atoms with E-state index >= 15 is 0 Å². The number of nitrogens with one attached hydrogen (secondary N) is 2. The molecule has 2 N–H and O–H groups in total. The van der Waals surface area contributed by atoms with Crippen LogP contribution in [0.15, 0.2) is 72.8 Å². The first kappa shape index (κ1) is 23.0. The number of nitrogens with zero attached hydrogens (tertiary/aromatic N) is 2. The third-order valence-corrected chi connectivity index (χ3v) is 5.72. The average Bonchev–Trinajstić information content (AvgIpc) is 2.87. The van der Waals surface area contributed by atoms with Gasteiger partial charge in [0, 0.05) is 48.7 Å². The molecule has 0 aliphatic carbocycles. The van der Waals surface area contributed by atoms with Crippen LogP contribution in [-0.2, 0) is 0 Å². The van der Waals surface area contributed by atoms with Gasteiger partial charge in [0.05, 0.1) is 0 Å². The Labute approximate surface area is 197 Å². The van der Waals surface area contributed by atoms with E-state index in [1.807, 2.05) is 13.0 Å². The minimum absolute atomic E-state index is 0.159. The van der Waals surface area contributed by atoms with Crippen LogP contribution in [0.2, 0.25) is 0 Å². The van der Waals surface area contributed by atoms with E-state index in [1.54, 1.807) is 52.3 Å². The maximum absolute atomic E-state index is 13.1. The molecular weight excluding hydrogens is 435 g/mol. The second kappa shape index (κ2) is 10.2. The zero-order valence-corrected chi connectivity index (χ0v) is 18.8. The number of aryl methyl sites for hydroxylation is 1. The van der Waals surface area contributed by atoms with Crippen molar-refractivity contribution in [3.63, 3.8) is 0 Å². The largest absolute Gasteiger partial charge is 0.335 e. The molecule has 0 spiro atoms. The first-order valence-corrected chi connectivity index (χ1v) is 11.0. The van der Waals surface area contributed by atoms with Crippen LogP contribution in [-0.4, -0.2) is 53.8 Å². The molecule has 0 aromatic heterocycles. The number of rotatable bonds is 4. The first-order chi connectivity index (χ1) is 16.4. The highest BCUT2D eigenvalue weighted by molar-refractivity contribution is 6.05. The lowest BCUT2D eigenvalue weighted by atomic mass is 10.1. The van der Waals surface area contributed by atoms with E-state index < -0.39 is 0 Å². The molecule has 0 unspecified atom stereocenters. The summed E-state index contributed by atoms with van der Waals surface area (Å²) in [5, 5.41) is 5.62. The van der Waals surface area contributed by atoms with Crippen LogP contribution in [0.1, 0.15) is 26.3 Å². The topological polar surface area (TPSA) is 81.8 Å². The minimum atomic E-state index is -0.371. The number of carbonyl (C=O) groups excluding carboxylic acids is 3. The zero-order chi connectivity index (χ0) is 24.1. The van der Waals surface area contributed by atoms with Crippen molar-refractivity contribution in [3.05, 3.63) is 95.3 Å². The van der Waals surface area contributed by atoms with Crippen LogP contribution in [0.5, 0.6) is 0 Å². The summed E-state index contributed by atoms with van der Waals surface area (Å²) in [4.78, 5) is 41.4. The number of halogens is 1. The number of hydrogen-bond acceptors (Lipinski definition) is 3. The summed E-state index contributed by atoms with van der Waals surface area (Å²) in [6.45, 7) is 3.39. The summed E-state index contributed by atoms with van der Waals surface area (Å²) in [6, 6.07) is 19.4. The highest BCUT2D eigenvalue weighted by Crippen LogP contribution is 2.20. The van der Waals surface area contributed by atoms with E-state index in [9.17, 15) is 18.8 Å². The molecule has 4 amide bonds. The number of benzene rings is 3.